The van der Waals surface area contributed by atoms with Crippen LogP contribution in [0.2, 0.25) is 0 Å². The number of benzene rings is 1. The van der Waals surface area contributed by atoms with Gasteiger partial charge in [0.1, 0.15) is 18.3 Å². The lowest BCUT2D eigenvalue weighted by Gasteiger charge is -2.34. The Kier molecular flexibility index (Phi) is 4.91. The van der Waals surface area contributed by atoms with Crippen LogP contribution in [0, 0.1) is 6.92 Å². The third kappa shape index (κ3) is 3.26. The summed E-state index contributed by atoms with van der Waals surface area (Å²) in [7, 11) is 0. The number of aliphatic hydroxyl groups excluding tert-OH is 4. The van der Waals surface area contributed by atoms with Gasteiger partial charge in [-0.1, -0.05) is 35.9 Å². The summed E-state index contributed by atoms with van der Waals surface area (Å²) in [6.45, 7) is 2.20. The molecule has 0 fully saturated rings. The van der Waals surface area contributed by atoms with E-state index in [1.54, 1.807) is 6.08 Å². The largest absolute Gasteiger partial charge is 0.392 e. The Morgan fingerprint density at radius 3 is 2.30 bits per heavy atom. The molecule has 1 aliphatic carbocycles. The molecule has 1 aromatic carbocycles. The van der Waals surface area contributed by atoms with Crippen LogP contribution in [0.4, 0.5) is 0 Å². The van der Waals surface area contributed by atoms with Crippen LogP contribution in [-0.4, -0.2) is 51.4 Å². The first-order valence-corrected chi connectivity index (χ1v) is 6.67. The Labute approximate surface area is 118 Å². The zero-order valence-electron chi connectivity index (χ0n) is 11.4. The first-order chi connectivity index (χ1) is 9.52. The lowest BCUT2D eigenvalue weighted by atomic mass is 9.88. The highest BCUT2D eigenvalue weighted by molar-refractivity contribution is 5.24. The van der Waals surface area contributed by atoms with Crippen molar-refractivity contribution in [3.05, 3.63) is 47.0 Å². The highest BCUT2D eigenvalue weighted by Crippen LogP contribution is 2.20. The molecule has 4 atom stereocenters. The summed E-state index contributed by atoms with van der Waals surface area (Å²) in [6.07, 6.45) is -2.04. The molecule has 0 spiro atoms. The first kappa shape index (κ1) is 15.2. The van der Waals surface area contributed by atoms with Gasteiger partial charge in [-0.2, -0.15) is 0 Å². The second-order valence-electron chi connectivity index (χ2n) is 5.22. The van der Waals surface area contributed by atoms with Gasteiger partial charge in [-0.25, -0.2) is 0 Å². The van der Waals surface area contributed by atoms with Crippen LogP contribution in [0.25, 0.3) is 0 Å². The van der Waals surface area contributed by atoms with Crippen molar-refractivity contribution in [3.63, 3.8) is 0 Å². The maximum atomic E-state index is 9.94. The van der Waals surface area contributed by atoms with E-state index in [-0.39, 0.29) is 6.61 Å². The Hall–Kier alpha value is -1.24. The predicted molar refractivity (Wildman–Crippen MR) is 75.0 cm³/mol. The molecule has 110 valence electrons. The SMILES string of the molecule is Cc1ccc(CN[C@H]2C=C(CO)[C@@H](O)C(O)[C@H]2O)cc1. The van der Waals surface area contributed by atoms with E-state index in [9.17, 15) is 15.3 Å². The van der Waals surface area contributed by atoms with Gasteiger partial charge in [-0.15, -0.1) is 0 Å². The van der Waals surface area contributed by atoms with Crippen molar-refractivity contribution in [2.45, 2.75) is 37.8 Å². The van der Waals surface area contributed by atoms with Crippen molar-refractivity contribution < 1.29 is 20.4 Å². The fraction of sp³-hybridized carbons (Fsp3) is 0.467. The van der Waals surface area contributed by atoms with Crippen LogP contribution in [-0.2, 0) is 6.54 Å². The molecular weight excluding hydrogens is 258 g/mol. The third-order valence-corrected chi connectivity index (χ3v) is 3.66. The van der Waals surface area contributed by atoms with Gasteiger partial charge < -0.3 is 25.7 Å². The van der Waals surface area contributed by atoms with Gasteiger partial charge in [0, 0.05) is 6.54 Å². The van der Waals surface area contributed by atoms with E-state index in [4.69, 9.17) is 5.11 Å². The van der Waals surface area contributed by atoms with Crippen molar-refractivity contribution in [2.24, 2.45) is 0 Å². The Bertz CT molecular complexity index is 471. The maximum absolute atomic E-state index is 9.94. The Morgan fingerprint density at radius 1 is 1.05 bits per heavy atom. The van der Waals surface area contributed by atoms with Gasteiger partial charge >= 0.3 is 0 Å². The zero-order valence-corrected chi connectivity index (χ0v) is 11.4. The summed E-state index contributed by atoms with van der Waals surface area (Å²) < 4.78 is 0. The molecular formula is C15H21NO4. The molecule has 1 unspecified atom stereocenters. The molecule has 0 radical (unpaired) electrons. The minimum Gasteiger partial charge on any atom is -0.392 e. The molecule has 20 heavy (non-hydrogen) atoms. The topological polar surface area (TPSA) is 93.0 Å². The maximum Gasteiger partial charge on any atom is 0.111 e. The highest BCUT2D eigenvalue weighted by atomic mass is 16.4. The molecule has 1 aliphatic rings. The van der Waals surface area contributed by atoms with Crippen molar-refractivity contribution in [1.29, 1.82) is 0 Å². The van der Waals surface area contributed by atoms with Crippen LogP contribution in [0.15, 0.2) is 35.9 Å². The Balaban J connectivity index is 2.04. The smallest absolute Gasteiger partial charge is 0.111 e. The molecule has 5 nitrogen and oxygen atoms in total. The van der Waals surface area contributed by atoms with E-state index in [1.807, 2.05) is 31.2 Å². The average molecular weight is 279 g/mol. The number of aliphatic hydroxyl groups is 4. The standard InChI is InChI=1S/C15H21NO4/c1-9-2-4-10(5-3-9)7-16-12-6-11(8-17)13(18)15(20)14(12)19/h2-6,12-20H,7-8H2,1H3/t12-,13+,14-,15?/m0/s1. The zero-order chi connectivity index (χ0) is 14.7. The predicted octanol–water partition coefficient (Wildman–Crippen LogP) is -0.532. The number of nitrogens with one attached hydrogen (secondary N) is 1. The van der Waals surface area contributed by atoms with Crippen LogP contribution in [0.3, 0.4) is 0 Å². The summed E-state index contributed by atoms with van der Waals surface area (Å²) >= 11 is 0. The number of rotatable bonds is 4. The van der Waals surface area contributed by atoms with E-state index in [0.29, 0.717) is 12.1 Å². The lowest BCUT2D eigenvalue weighted by Crippen LogP contribution is -2.53. The van der Waals surface area contributed by atoms with Crippen molar-refractivity contribution in [3.8, 4) is 0 Å². The average Bonchev–Trinajstić information content (AvgIpc) is 2.46. The van der Waals surface area contributed by atoms with E-state index in [0.717, 1.165) is 5.56 Å². The molecule has 0 saturated carbocycles. The second-order valence-corrected chi connectivity index (χ2v) is 5.22. The fourth-order valence-corrected chi connectivity index (χ4v) is 2.31. The molecule has 0 aromatic heterocycles. The van der Waals surface area contributed by atoms with Crippen molar-refractivity contribution >= 4 is 0 Å². The quantitative estimate of drug-likeness (QED) is 0.478. The lowest BCUT2D eigenvalue weighted by molar-refractivity contribution is -0.0643. The molecule has 0 saturated heterocycles. The summed E-state index contributed by atoms with van der Waals surface area (Å²) in [6, 6.07) is 7.47. The fourth-order valence-electron chi connectivity index (χ4n) is 2.31. The van der Waals surface area contributed by atoms with Gasteiger partial charge in [0.25, 0.3) is 0 Å². The Morgan fingerprint density at radius 2 is 1.70 bits per heavy atom. The highest BCUT2D eigenvalue weighted by Gasteiger charge is 2.36. The normalized spacial score (nSPS) is 30.1. The number of aryl methyl sites for hydroxylation is 1. The molecule has 0 heterocycles. The van der Waals surface area contributed by atoms with Crippen molar-refractivity contribution in [2.75, 3.05) is 6.61 Å². The summed E-state index contributed by atoms with van der Waals surface area (Å²) in [5, 5.41) is 41.6. The van der Waals surface area contributed by atoms with E-state index < -0.39 is 24.4 Å². The molecule has 5 N–H and O–H groups in total. The monoisotopic (exact) mass is 279 g/mol. The molecule has 5 heteroatoms. The minimum atomic E-state index is -1.29. The van der Waals surface area contributed by atoms with Crippen LogP contribution < -0.4 is 5.32 Å². The molecule has 0 aliphatic heterocycles. The summed E-state index contributed by atoms with van der Waals surface area (Å²) in [5.74, 6) is 0. The van der Waals surface area contributed by atoms with Crippen LogP contribution in [0.5, 0.6) is 0 Å². The van der Waals surface area contributed by atoms with E-state index in [2.05, 4.69) is 5.32 Å². The molecule has 1 aromatic rings. The van der Waals surface area contributed by atoms with Gasteiger partial charge in [0.2, 0.25) is 0 Å². The van der Waals surface area contributed by atoms with Gasteiger partial charge in [-0.3, -0.25) is 0 Å². The van der Waals surface area contributed by atoms with Gasteiger partial charge in [0.15, 0.2) is 0 Å². The van der Waals surface area contributed by atoms with E-state index >= 15 is 0 Å². The second kappa shape index (κ2) is 6.47. The van der Waals surface area contributed by atoms with Crippen molar-refractivity contribution in [1.82, 2.24) is 5.32 Å². The number of hydrogen-bond acceptors (Lipinski definition) is 5. The minimum absolute atomic E-state index is 0.323. The molecule has 0 bridgehead atoms. The van der Waals surface area contributed by atoms with Gasteiger partial charge in [-0.05, 0) is 18.1 Å². The van der Waals surface area contributed by atoms with Crippen LogP contribution >= 0.6 is 0 Å². The van der Waals surface area contributed by atoms with Crippen LogP contribution in [0.1, 0.15) is 11.1 Å². The van der Waals surface area contributed by atoms with Gasteiger partial charge in [0.05, 0.1) is 12.6 Å². The summed E-state index contributed by atoms with van der Waals surface area (Å²) in [4.78, 5) is 0. The third-order valence-electron chi connectivity index (χ3n) is 3.66. The molecule has 0 amide bonds. The summed E-state index contributed by atoms with van der Waals surface area (Å²) in [5.41, 5.74) is 2.55. The number of hydrogen-bond donors (Lipinski definition) is 5. The first-order valence-electron chi connectivity index (χ1n) is 6.67. The molecule has 2 rings (SSSR count). The van der Waals surface area contributed by atoms with E-state index in [1.165, 1.54) is 5.56 Å².